The molecule has 0 aliphatic carbocycles. The molecule has 0 saturated carbocycles. The third-order valence-corrected chi connectivity index (χ3v) is 3.93. The van der Waals surface area contributed by atoms with Crippen molar-refractivity contribution in [1.82, 2.24) is 5.32 Å². The molecule has 0 radical (unpaired) electrons. The Labute approximate surface area is 115 Å². The van der Waals surface area contributed by atoms with Crippen molar-refractivity contribution >= 4 is 45.8 Å². The monoisotopic (exact) mass is 280 g/mol. The van der Waals surface area contributed by atoms with Crippen LogP contribution in [0, 0.1) is 6.92 Å². The summed E-state index contributed by atoms with van der Waals surface area (Å²) in [5.41, 5.74) is 1.76. The minimum Gasteiger partial charge on any atom is -0.326 e. The average molecular weight is 280 g/mol. The van der Waals surface area contributed by atoms with Gasteiger partial charge in [0.05, 0.1) is 5.25 Å². The number of thioether (sulfide) groups is 1. The van der Waals surface area contributed by atoms with Crippen LogP contribution < -0.4 is 10.6 Å². The average Bonchev–Trinajstić information content (AvgIpc) is 2.61. The van der Waals surface area contributed by atoms with Gasteiger partial charge in [0.15, 0.2) is 0 Å². The maximum Gasteiger partial charge on any atom is 0.239 e. The third-order valence-electron chi connectivity index (χ3n) is 2.56. The fourth-order valence-corrected chi connectivity index (χ4v) is 2.88. The molecule has 0 bridgehead atoms. The Kier molecular flexibility index (Phi) is 3.98. The number of anilines is 1. The summed E-state index contributed by atoms with van der Waals surface area (Å²) in [5.74, 6) is -0.369. The van der Waals surface area contributed by atoms with Crippen LogP contribution >= 0.6 is 24.0 Å². The van der Waals surface area contributed by atoms with Crippen LogP contribution in [0.4, 0.5) is 5.69 Å². The second-order valence-electron chi connectivity index (χ2n) is 3.95. The van der Waals surface area contributed by atoms with E-state index in [1.165, 1.54) is 11.8 Å². The Morgan fingerprint density at radius 2 is 2.22 bits per heavy atom. The number of carbonyl (C=O) groups is 2. The van der Waals surface area contributed by atoms with Gasteiger partial charge < -0.3 is 10.6 Å². The van der Waals surface area contributed by atoms with Gasteiger partial charge in [-0.15, -0.1) is 0 Å². The van der Waals surface area contributed by atoms with E-state index >= 15 is 0 Å². The van der Waals surface area contributed by atoms with Crippen LogP contribution in [-0.2, 0) is 9.59 Å². The molecule has 1 fully saturated rings. The first-order valence-corrected chi connectivity index (χ1v) is 6.72. The van der Waals surface area contributed by atoms with Crippen LogP contribution in [0.2, 0.25) is 0 Å². The van der Waals surface area contributed by atoms with Crippen LogP contribution in [0.15, 0.2) is 24.3 Å². The molecule has 1 atom stereocenters. The van der Waals surface area contributed by atoms with E-state index in [0.29, 0.717) is 4.32 Å². The Hall–Kier alpha value is -1.40. The zero-order valence-corrected chi connectivity index (χ0v) is 11.4. The lowest BCUT2D eigenvalue weighted by Gasteiger charge is -2.09. The quantitative estimate of drug-likeness (QED) is 0.830. The summed E-state index contributed by atoms with van der Waals surface area (Å²) in [5, 5.41) is 4.90. The highest BCUT2D eigenvalue weighted by molar-refractivity contribution is 8.24. The normalized spacial score (nSPS) is 18.6. The standard InChI is InChI=1S/C12H12N2O2S2/c1-7-4-2-3-5-8(7)13-10(15)6-9-11(16)14-12(17)18-9/h2-5,9H,6H2,1H3,(H,13,15)(H,14,16,17). The van der Waals surface area contributed by atoms with E-state index < -0.39 is 5.25 Å². The Morgan fingerprint density at radius 3 is 2.83 bits per heavy atom. The largest absolute Gasteiger partial charge is 0.326 e. The third kappa shape index (κ3) is 3.08. The van der Waals surface area contributed by atoms with Crippen LogP contribution in [0.3, 0.4) is 0 Å². The van der Waals surface area contributed by atoms with E-state index in [1.807, 2.05) is 31.2 Å². The van der Waals surface area contributed by atoms with Crippen LogP contribution in [0.25, 0.3) is 0 Å². The van der Waals surface area contributed by atoms with E-state index in [0.717, 1.165) is 11.3 Å². The maximum atomic E-state index is 11.8. The molecule has 94 valence electrons. The molecule has 1 heterocycles. The summed E-state index contributed by atoms with van der Waals surface area (Å²) in [6.07, 6.45) is 0.130. The number of aryl methyl sites for hydroxylation is 1. The van der Waals surface area contributed by atoms with Gasteiger partial charge in [0, 0.05) is 12.1 Å². The van der Waals surface area contributed by atoms with Gasteiger partial charge >= 0.3 is 0 Å². The molecular weight excluding hydrogens is 268 g/mol. The SMILES string of the molecule is Cc1ccccc1NC(=O)CC1SC(=S)NC1=O. The molecule has 0 spiro atoms. The first-order valence-electron chi connectivity index (χ1n) is 5.43. The van der Waals surface area contributed by atoms with Crippen LogP contribution in [-0.4, -0.2) is 21.4 Å². The molecule has 4 nitrogen and oxygen atoms in total. The van der Waals surface area contributed by atoms with Crippen molar-refractivity contribution in [2.24, 2.45) is 0 Å². The molecule has 1 saturated heterocycles. The Balaban J connectivity index is 1.95. The number of thiocarbonyl (C=S) groups is 1. The number of nitrogens with one attached hydrogen (secondary N) is 2. The van der Waals surface area contributed by atoms with Crippen molar-refractivity contribution in [2.75, 3.05) is 5.32 Å². The summed E-state index contributed by atoms with van der Waals surface area (Å²) < 4.78 is 0.439. The van der Waals surface area contributed by atoms with Gasteiger partial charge in [-0.1, -0.05) is 42.2 Å². The summed E-state index contributed by atoms with van der Waals surface area (Å²) in [7, 11) is 0. The number of rotatable bonds is 3. The van der Waals surface area contributed by atoms with Crippen molar-refractivity contribution in [1.29, 1.82) is 0 Å². The highest BCUT2D eigenvalue weighted by Gasteiger charge is 2.30. The summed E-state index contributed by atoms with van der Waals surface area (Å²) in [6, 6.07) is 7.51. The van der Waals surface area contributed by atoms with Crippen molar-refractivity contribution in [2.45, 2.75) is 18.6 Å². The van der Waals surface area contributed by atoms with Crippen LogP contribution in [0.1, 0.15) is 12.0 Å². The smallest absolute Gasteiger partial charge is 0.239 e. The lowest BCUT2D eigenvalue weighted by atomic mass is 10.2. The second-order valence-corrected chi connectivity index (χ2v) is 5.83. The molecule has 1 aromatic rings. The van der Waals surface area contributed by atoms with Gasteiger partial charge in [-0.25, -0.2) is 0 Å². The zero-order valence-electron chi connectivity index (χ0n) is 9.73. The van der Waals surface area contributed by atoms with E-state index in [9.17, 15) is 9.59 Å². The highest BCUT2D eigenvalue weighted by atomic mass is 32.2. The summed E-state index contributed by atoms with van der Waals surface area (Å²) in [6.45, 7) is 1.92. The molecule has 2 amide bonds. The number of hydrogen-bond donors (Lipinski definition) is 2. The van der Waals surface area contributed by atoms with Crippen molar-refractivity contribution < 1.29 is 9.59 Å². The lowest BCUT2D eigenvalue weighted by Crippen LogP contribution is -2.27. The lowest BCUT2D eigenvalue weighted by molar-refractivity contribution is -0.122. The maximum absolute atomic E-state index is 11.8. The predicted molar refractivity (Wildman–Crippen MR) is 76.5 cm³/mol. The van der Waals surface area contributed by atoms with Gasteiger partial charge in [0.1, 0.15) is 4.32 Å². The number of carbonyl (C=O) groups excluding carboxylic acids is 2. The van der Waals surface area contributed by atoms with Gasteiger partial charge in [0.25, 0.3) is 0 Å². The molecular formula is C12H12N2O2S2. The van der Waals surface area contributed by atoms with Gasteiger partial charge in [-0.3, -0.25) is 9.59 Å². The first kappa shape index (κ1) is 13.0. The Bertz CT molecular complexity index is 517. The fourth-order valence-electron chi connectivity index (χ4n) is 1.61. The Morgan fingerprint density at radius 1 is 1.50 bits per heavy atom. The summed E-state index contributed by atoms with van der Waals surface area (Å²) in [4.78, 5) is 23.3. The molecule has 1 unspecified atom stereocenters. The van der Waals surface area contributed by atoms with E-state index in [4.69, 9.17) is 12.2 Å². The fraction of sp³-hybridized carbons (Fsp3) is 0.250. The van der Waals surface area contributed by atoms with Gasteiger partial charge in [0.2, 0.25) is 11.8 Å². The topological polar surface area (TPSA) is 58.2 Å². The molecule has 1 aromatic carbocycles. The van der Waals surface area contributed by atoms with Gasteiger partial charge in [-0.05, 0) is 18.6 Å². The molecule has 1 aliphatic heterocycles. The molecule has 1 aliphatic rings. The second kappa shape index (κ2) is 5.49. The van der Waals surface area contributed by atoms with E-state index in [1.54, 1.807) is 0 Å². The van der Waals surface area contributed by atoms with Crippen molar-refractivity contribution in [3.8, 4) is 0 Å². The van der Waals surface area contributed by atoms with E-state index in [2.05, 4.69) is 10.6 Å². The van der Waals surface area contributed by atoms with E-state index in [-0.39, 0.29) is 18.2 Å². The summed E-state index contributed by atoms with van der Waals surface area (Å²) >= 11 is 6.10. The molecule has 2 N–H and O–H groups in total. The first-order chi connectivity index (χ1) is 8.56. The molecule has 18 heavy (non-hydrogen) atoms. The number of amides is 2. The van der Waals surface area contributed by atoms with Crippen molar-refractivity contribution in [3.05, 3.63) is 29.8 Å². The van der Waals surface area contributed by atoms with Crippen molar-refractivity contribution in [3.63, 3.8) is 0 Å². The van der Waals surface area contributed by atoms with Gasteiger partial charge in [-0.2, -0.15) is 0 Å². The minimum absolute atomic E-state index is 0.130. The minimum atomic E-state index is -0.415. The number of hydrogen-bond acceptors (Lipinski definition) is 4. The zero-order chi connectivity index (χ0) is 13.1. The van der Waals surface area contributed by atoms with Crippen LogP contribution in [0.5, 0.6) is 0 Å². The number of benzene rings is 1. The predicted octanol–water partition coefficient (Wildman–Crippen LogP) is 1.84. The molecule has 0 aromatic heterocycles. The highest BCUT2D eigenvalue weighted by Crippen LogP contribution is 2.23. The molecule has 6 heteroatoms. The molecule has 2 rings (SSSR count). The number of para-hydroxylation sites is 1.